The Hall–Kier alpha value is -0.860. The molecule has 1 saturated carbocycles. The van der Waals surface area contributed by atoms with Gasteiger partial charge in [-0.3, -0.25) is 4.90 Å². The highest BCUT2D eigenvalue weighted by Gasteiger charge is 2.23. The van der Waals surface area contributed by atoms with Gasteiger partial charge < -0.3 is 5.32 Å². The van der Waals surface area contributed by atoms with Gasteiger partial charge in [0, 0.05) is 19.6 Å². The molecule has 2 heteroatoms. The first-order chi connectivity index (χ1) is 10.2. The van der Waals surface area contributed by atoms with Crippen molar-refractivity contribution in [3.05, 3.63) is 35.4 Å². The summed E-state index contributed by atoms with van der Waals surface area (Å²) in [5.74, 6) is 1.70. The lowest BCUT2D eigenvalue weighted by atomic mass is 10.1. The average molecular weight is 288 g/mol. The third kappa shape index (κ3) is 6.62. The van der Waals surface area contributed by atoms with Gasteiger partial charge in [-0.1, -0.05) is 45.0 Å². The quantitative estimate of drug-likeness (QED) is 0.698. The Kier molecular flexibility index (Phi) is 6.72. The summed E-state index contributed by atoms with van der Waals surface area (Å²) >= 11 is 0. The summed E-state index contributed by atoms with van der Waals surface area (Å²) in [6.07, 6.45) is 4.14. The third-order valence-corrected chi connectivity index (χ3v) is 4.06. The SMILES string of the molecule is CCCN(Cc1ccc(CNCC(C)C)cc1)CC1CC1. The fraction of sp³-hybridized carbons (Fsp3) is 0.684. The third-order valence-electron chi connectivity index (χ3n) is 4.06. The Morgan fingerprint density at radius 1 is 1.14 bits per heavy atom. The number of nitrogens with one attached hydrogen (secondary N) is 1. The van der Waals surface area contributed by atoms with E-state index < -0.39 is 0 Å². The van der Waals surface area contributed by atoms with Crippen molar-refractivity contribution < 1.29 is 0 Å². The molecular formula is C19H32N2. The topological polar surface area (TPSA) is 15.3 Å². The Labute approximate surface area is 130 Å². The summed E-state index contributed by atoms with van der Waals surface area (Å²) in [6, 6.07) is 9.18. The molecule has 0 aromatic heterocycles. The zero-order valence-electron chi connectivity index (χ0n) is 14.1. The number of nitrogens with zero attached hydrogens (tertiary/aromatic N) is 1. The van der Waals surface area contributed by atoms with Crippen LogP contribution in [0, 0.1) is 11.8 Å². The molecule has 1 N–H and O–H groups in total. The zero-order chi connectivity index (χ0) is 15.1. The van der Waals surface area contributed by atoms with Crippen LogP contribution < -0.4 is 5.32 Å². The molecule has 1 aliphatic rings. The predicted molar refractivity (Wildman–Crippen MR) is 91.3 cm³/mol. The number of rotatable bonds is 10. The highest BCUT2D eigenvalue weighted by Crippen LogP contribution is 2.30. The van der Waals surface area contributed by atoms with E-state index in [4.69, 9.17) is 0 Å². The van der Waals surface area contributed by atoms with Crippen molar-refractivity contribution in [1.29, 1.82) is 0 Å². The van der Waals surface area contributed by atoms with Crippen LogP contribution in [0.5, 0.6) is 0 Å². The van der Waals surface area contributed by atoms with E-state index in [9.17, 15) is 0 Å². The second kappa shape index (κ2) is 8.55. The first-order valence-electron chi connectivity index (χ1n) is 8.68. The Morgan fingerprint density at radius 3 is 2.38 bits per heavy atom. The molecule has 1 aliphatic carbocycles. The van der Waals surface area contributed by atoms with Gasteiger partial charge in [0.05, 0.1) is 0 Å². The van der Waals surface area contributed by atoms with Crippen LogP contribution >= 0.6 is 0 Å². The van der Waals surface area contributed by atoms with Crippen LogP contribution in [-0.2, 0) is 13.1 Å². The van der Waals surface area contributed by atoms with Crippen molar-refractivity contribution in [1.82, 2.24) is 10.2 Å². The van der Waals surface area contributed by atoms with E-state index in [2.05, 4.69) is 55.3 Å². The van der Waals surface area contributed by atoms with Gasteiger partial charge in [-0.05, 0) is 55.3 Å². The van der Waals surface area contributed by atoms with E-state index >= 15 is 0 Å². The molecule has 118 valence electrons. The molecule has 0 unspecified atom stereocenters. The van der Waals surface area contributed by atoms with Crippen molar-refractivity contribution in [3.8, 4) is 0 Å². The first kappa shape index (κ1) is 16.5. The van der Waals surface area contributed by atoms with Crippen LogP contribution in [0.4, 0.5) is 0 Å². The molecule has 1 fully saturated rings. The lowest BCUT2D eigenvalue weighted by molar-refractivity contribution is 0.255. The average Bonchev–Trinajstić information content (AvgIpc) is 3.24. The Bertz CT molecular complexity index is 393. The molecule has 1 aromatic carbocycles. The summed E-state index contributed by atoms with van der Waals surface area (Å²) in [5.41, 5.74) is 2.85. The molecule has 1 aromatic rings. The second-order valence-electron chi connectivity index (χ2n) is 7.02. The maximum Gasteiger partial charge on any atom is 0.0233 e. The van der Waals surface area contributed by atoms with Gasteiger partial charge >= 0.3 is 0 Å². The van der Waals surface area contributed by atoms with E-state index in [0.29, 0.717) is 5.92 Å². The maximum atomic E-state index is 3.51. The van der Waals surface area contributed by atoms with Crippen LogP contribution in [0.3, 0.4) is 0 Å². The lowest BCUT2D eigenvalue weighted by Crippen LogP contribution is -2.26. The van der Waals surface area contributed by atoms with Crippen LogP contribution in [0.15, 0.2) is 24.3 Å². The summed E-state index contributed by atoms with van der Waals surface area (Å²) in [7, 11) is 0. The van der Waals surface area contributed by atoms with E-state index in [1.54, 1.807) is 0 Å². The van der Waals surface area contributed by atoms with Gasteiger partial charge in [0.1, 0.15) is 0 Å². The standard InChI is InChI=1S/C19H32N2/c1-4-11-21(15-19-9-10-19)14-18-7-5-17(6-8-18)13-20-12-16(2)3/h5-8,16,19-20H,4,9-15H2,1-3H3. The minimum Gasteiger partial charge on any atom is -0.312 e. The van der Waals surface area contributed by atoms with Gasteiger partial charge in [-0.25, -0.2) is 0 Å². The molecule has 2 rings (SSSR count). The first-order valence-corrected chi connectivity index (χ1v) is 8.68. The fourth-order valence-electron chi connectivity index (χ4n) is 2.74. The lowest BCUT2D eigenvalue weighted by Gasteiger charge is -2.21. The van der Waals surface area contributed by atoms with E-state index in [1.165, 1.54) is 43.5 Å². The zero-order valence-corrected chi connectivity index (χ0v) is 14.1. The van der Waals surface area contributed by atoms with Crippen molar-refractivity contribution in [3.63, 3.8) is 0 Å². The minimum absolute atomic E-state index is 0.717. The van der Waals surface area contributed by atoms with Crippen molar-refractivity contribution >= 4 is 0 Å². The van der Waals surface area contributed by atoms with E-state index in [1.807, 2.05) is 0 Å². The van der Waals surface area contributed by atoms with Crippen LogP contribution in [-0.4, -0.2) is 24.5 Å². The highest BCUT2D eigenvalue weighted by atomic mass is 15.1. The molecule has 0 radical (unpaired) electrons. The second-order valence-corrected chi connectivity index (χ2v) is 7.02. The summed E-state index contributed by atoms with van der Waals surface area (Å²) < 4.78 is 0. The Balaban J connectivity index is 1.79. The maximum absolute atomic E-state index is 3.51. The van der Waals surface area contributed by atoms with Crippen molar-refractivity contribution in [2.75, 3.05) is 19.6 Å². The number of hydrogen-bond acceptors (Lipinski definition) is 2. The van der Waals surface area contributed by atoms with Gasteiger partial charge in [-0.15, -0.1) is 0 Å². The molecule has 0 spiro atoms. The minimum atomic E-state index is 0.717. The fourth-order valence-corrected chi connectivity index (χ4v) is 2.74. The summed E-state index contributed by atoms with van der Waals surface area (Å²) in [5, 5.41) is 3.51. The summed E-state index contributed by atoms with van der Waals surface area (Å²) in [4.78, 5) is 2.63. The van der Waals surface area contributed by atoms with Gasteiger partial charge in [-0.2, -0.15) is 0 Å². The van der Waals surface area contributed by atoms with E-state index in [0.717, 1.165) is 25.6 Å². The molecule has 21 heavy (non-hydrogen) atoms. The molecule has 0 amide bonds. The van der Waals surface area contributed by atoms with Crippen molar-refractivity contribution in [2.24, 2.45) is 11.8 Å². The monoisotopic (exact) mass is 288 g/mol. The Morgan fingerprint density at radius 2 is 1.81 bits per heavy atom. The summed E-state index contributed by atoms with van der Waals surface area (Å²) in [6.45, 7) is 12.5. The van der Waals surface area contributed by atoms with Crippen LogP contribution in [0.1, 0.15) is 51.2 Å². The molecule has 2 nitrogen and oxygen atoms in total. The predicted octanol–water partition coefficient (Wildman–Crippen LogP) is 4.05. The van der Waals surface area contributed by atoms with Crippen molar-refractivity contribution in [2.45, 2.75) is 53.1 Å². The number of benzene rings is 1. The molecule has 0 saturated heterocycles. The largest absolute Gasteiger partial charge is 0.312 e. The van der Waals surface area contributed by atoms with E-state index in [-0.39, 0.29) is 0 Å². The smallest absolute Gasteiger partial charge is 0.0233 e. The molecular weight excluding hydrogens is 256 g/mol. The van der Waals surface area contributed by atoms with Crippen LogP contribution in [0.2, 0.25) is 0 Å². The van der Waals surface area contributed by atoms with Crippen LogP contribution in [0.25, 0.3) is 0 Å². The van der Waals surface area contributed by atoms with Gasteiger partial charge in [0.2, 0.25) is 0 Å². The molecule has 0 atom stereocenters. The number of hydrogen-bond donors (Lipinski definition) is 1. The van der Waals surface area contributed by atoms with Gasteiger partial charge in [0.25, 0.3) is 0 Å². The normalized spacial score (nSPS) is 15.1. The molecule has 0 aliphatic heterocycles. The highest BCUT2D eigenvalue weighted by molar-refractivity contribution is 5.22. The molecule has 0 heterocycles. The van der Waals surface area contributed by atoms with Gasteiger partial charge in [0.15, 0.2) is 0 Å². The molecule has 0 bridgehead atoms.